The molecule has 0 N–H and O–H groups in total. The molecule has 2 nitrogen and oxygen atoms in total. The fourth-order valence-corrected chi connectivity index (χ4v) is 1.75. The SMILES string of the molecule is C=Cc1cc(C(=O)OP)ccc1C(C)(C)C. The van der Waals surface area contributed by atoms with E-state index in [4.69, 9.17) is 0 Å². The van der Waals surface area contributed by atoms with Crippen molar-refractivity contribution in [2.45, 2.75) is 26.2 Å². The normalized spacial score (nSPS) is 11.0. The van der Waals surface area contributed by atoms with Crippen molar-refractivity contribution in [3.8, 4) is 0 Å². The topological polar surface area (TPSA) is 26.3 Å². The molecule has 1 rings (SSSR count). The average Bonchev–Trinajstić information content (AvgIpc) is 2.25. The molecule has 0 spiro atoms. The predicted octanol–water partition coefficient (Wildman–Crippen LogP) is 3.57. The highest BCUT2D eigenvalue weighted by Gasteiger charge is 2.18. The quantitative estimate of drug-likeness (QED) is 0.734. The number of rotatable bonds is 2. The summed E-state index contributed by atoms with van der Waals surface area (Å²) in [6.45, 7) is 10.2. The van der Waals surface area contributed by atoms with E-state index in [1.165, 1.54) is 5.56 Å². The van der Waals surface area contributed by atoms with Crippen LogP contribution in [-0.2, 0) is 9.94 Å². The molecule has 0 aliphatic heterocycles. The first-order valence-corrected chi connectivity index (χ1v) is 5.55. The Morgan fingerprint density at radius 1 is 1.44 bits per heavy atom. The zero-order chi connectivity index (χ0) is 12.3. The van der Waals surface area contributed by atoms with Crippen LogP contribution in [0.15, 0.2) is 24.8 Å². The maximum Gasteiger partial charge on any atom is 0.340 e. The van der Waals surface area contributed by atoms with Crippen LogP contribution >= 0.6 is 9.47 Å². The summed E-state index contributed by atoms with van der Waals surface area (Å²) in [5.41, 5.74) is 2.72. The zero-order valence-corrected chi connectivity index (χ0v) is 11.1. The first-order chi connectivity index (χ1) is 7.40. The molecule has 0 aliphatic carbocycles. The van der Waals surface area contributed by atoms with Gasteiger partial charge in [-0.2, -0.15) is 0 Å². The second-order valence-electron chi connectivity index (χ2n) is 4.66. The lowest BCUT2D eigenvalue weighted by molar-refractivity contribution is 0.0765. The Morgan fingerprint density at radius 3 is 2.50 bits per heavy atom. The van der Waals surface area contributed by atoms with Gasteiger partial charge in [0.15, 0.2) is 0 Å². The molecule has 0 bridgehead atoms. The lowest BCUT2D eigenvalue weighted by Gasteiger charge is -2.22. The number of carbonyl (C=O) groups is 1. The van der Waals surface area contributed by atoms with Gasteiger partial charge in [0.25, 0.3) is 0 Å². The molecule has 0 aliphatic rings. The molecule has 16 heavy (non-hydrogen) atoms. The molecule has 1 unspecified atom stereocenters. The van der Waals surface area contributed by atoms with Crippen LogP contribution in [0.5, 0.6) is 0 Å². The van der Waals surface area contributed by atoms with Gasteiger partial charge in [-0.15, -0.1) is 0 Å². The van der Waals surface area contributed by atoms with E-state index in [1.807, 2.05) is 15.5 Å². The molecule has 1 aromatic carbocycles. The zero-order valence-electron chi connectivity index (χ0n) is 9.91. The highest BCUT2D eigenvalue weighted by molar-refractivity contribution is 7.10. The van der Waals surface area contributed by atoms with Gasteiger partial charge >= 0.3 is 5.97 Å². The van der Waals surface area contributed by atoms with Crippen molar-refractivity contribution in [2.75, 3.05) is 0 Å². The number of carbonyl (C=O) groups excluding carboxylic acids is 1. The fraction of sp³-hybridized carbons (Fsp3) is 0.308. The monoisotopic (exact) mass is 236 g/mol. The summed E-state index contributed by atoms with van der Waals surface area (Å²) in [6, 6.07) is 5.54. The van der Waals surface area contributed by atoms with Crippen LogP contribution in [-0.4, -0.2) is 5.97 Å². The molecule has 3 heteroatoms. The molecule has 0 radical (unpaired) electrons. The smallest absolute Gasteiger partial charge is 0.340 e. The number of hydrogen-bond acceptors (Lipinski definition) is 2. The van der Waals surface area contributed by atoms with Crippen LogP contribution in [0.1, 0.15) is 42.3 Å². The van der Waals surface area contributed by atoms with Gasteiger partial charge in [0, 0.05) is 0 Å². The molecule has 0 amide bonds. The van der Waals surface area contributed by atoms with Gasteiger partial charge in [-0.1, -0.05) is 39.5 Å². The van der Waals surface area contributed by atoms with E-state index in [0.717, 1.165) is 5.56 Å². The van der Waals surface area contributed by atoms with Crippen molar-refractivity contribution >= 4 is 21.5 Å². The molecule has 86 valence electrons. The second-order valence-corrected chi connectivity index (χ2v) is 4.90. The first-order valence-electron chi connectivity index (χ1n) is 5.08. The molecule has 0 aromatic heterocycles. The Hall–Kier alpha value is -1.14. The third-order valence-corrected chi connectivity index (χ3v) is 2.64. The summed E-state index contributed by atoms with van der Waals surface area (Å²) >= 11 is 0. The average molecular weight is 236 g/mol. The Morgan fingerprint density at radius 2 is 2.06 bits per heavy atom. The molecule has 0 fully saturated rings. The summed E-state index contributed by atoms with van der Waals surface area (Å²) in [5, 5.41) is 0. The van der Waals surface area contributed by atoms with E-state index in [2.05, 4.69) is 31.9 Å². The van der Waals surface area contributed by atoms with Crippen molar-refractivity contribution in [1.29, 1.82) is 0 Å². The van der Waals surface area contributed by atoms with Crippen molar-refractivity contribution < 1.29 is 9.32 Å². The number of benzene rings is 1. The van der Waals surface area contributed by atoms with Crippen molar-refractivity contribution in [3.05, 3.63) is 41.5 Å². The lowest BCUT2D eigenvalue weighted by Crippen LogP contribution is -2.13. The summed E-state index contributed by atoms with van der Waals surface area (Å²) < 4.78 is 4.60. The second kappa shape index (κ2) is 4.80. The van der Waals surface area contributed by atoms with E-state index in [-0.39, 0.29) is 11.4 Å². The lowest BCUT2D eigenvalue weighted by atomic mass is 9.83. The van der Waals surface area contributed by atoms with E-state index in [0.29, 0.717) is 5.56 Å². The Bertz CT molecular complexity index is 416. The summed E-state index contributed by atoms with van der Waals surface area (Å²) in [5.74, 6) is -0.353. The minimum absolute atomic E-state index is 0.0346. The third-order valence-electron chi connectivity index (χ3n) is 2.42. The largest absolute Gasteiger partial charge is 0.448 e. The fourth-order valence-electron chi connectivity index (χ4n) is 1.61. The highest BCUT2D eigenvalue weighted by Crippen LogP contribution is 2.27. The molecule has 1 aromatic rings. The first kappa shape index (κ1) is 12.9. The van der Waals surface area contributed by atoms with Crippen LogP contribution in [0, 0.1) is 0 Å². The van der Waals surface area contributed by atoms with Crippen LogP contribution in [0.4, 0.5) is 0 Å². The maximum absolute atomic E-state index is 11.4. The highest BCUT2D eigenvalue weighted by atomic mass is 31.0. The molecule has 0 heterocycles. The summed E-state index contributed by atoms with van der Waals surface area (Å²) in [7, 11) is 1.96. The maximum atomic E-state index is 11.4. The standard InChI is InChI=1S/C13H17O2P/c1-5-9-8-10(12(14)15-16)6-7-11(9)13(2,3)4/h5-8H,1,16H2,2-4H3. The van der Waals surface area contributed by atoms with Crippen LogP contribution in [0.25, 0.3) is 6.08 Å². The van der Waals surface area contributed by atoms with Crippen molar-refractivity contribution in [3.63, 3.8) is 0 Å². The van der Waals surface area contributed by atoms with E-state index in [9.17, 15) is 4.79 Å². The van der Waals surface area contributed by atoms with Gasteiger partial charge in [0.05, 0.1) is 15.0 Å². The Kier molecular flexibility index (Phi) is 3.88. The number of hydrogen-bond donors (Lipinski definition) is 0. The Balaban J connectivity index is 3.28. The van der Waals surface area contributed by atoms with E-state index >= 15 is 0 Å². The minimum atomic E-state index is -0.353. The summed E-state index contributed by atoms with van der Waals surface area (Å²) in [4.78, 5) is 11.4. The molecular weight excluding hydrogens is 219 g/mol. The van der Waals surface area contributed by atoms with Crippen molar-refractivity contribution in [1.82, 2.24) is 0 Å². The van der Waals surface area contributed by atoms with Gasteiger partial charge in [-0.05, 0) is 28.7 Å². The van der Waals surface area contributed by atoms with E-state index in [1.54, 1.807) is 18.2 Å². The van der Waals surface area contributed by atoms with Crippen LogP contribution in [0.2, 0.25) is 0 Å². The van der Waals surface area contributed by atoms with Crippen molar-refractivity contribution in [2.24, 2.45) is 0 Å². The van der Waals surface area contributed by atoms with Gasteiger partial charge < -0.3 is 4.52 Å². The van der Waals surface area contributed by atoms with E-state index < -0.39 is 0 Å². The predicted molar refractivity (Wildman–Crippen MR) is 70.4 cm³/mol. The van der Waals surface area contributed by atoms with Gasteiger partial charge in [-0.25, -0.2) is 4.79 Å². The van der Waals surface area contributed by atoms with Gasteiger partial charge in [0.1, 0.15) is 0 Å². The third kappa shape index (κ3) is 2.70. The van der Waals surface area contributed by atoms with Crippen LogP contribution < -0.4 is 0 Å². The minimum Gasteiger partial charge on any atom is -0.448 e. The molecule has 1 atom stereocenters. The molecular formula is C13H17O2P. The van der Waals surface area contributed by atoms with Gasteiger partial charge in [-0.3, -0.25) is 0 Å². The Labute approximate surface area is 99.0 Å². The molecule has 0 saturated carbocycles. The molecule has 0 saturated heterocycles. The van der Waals surface area contributed by atoms with Crippen LogP contribution in [0.3, 0.4) is 0 Å². The van der Waals surface area contributed by atoms with Gasteiger partial charge in [0.2, 0.25) is 0 Å². The summed E-state index contributed by atoms with van der Waals surface area (Å²) in [6.07, 6.45) is 1.76.